The Morgan fingerprint density at radius 2 is 2.24 bits per heavy atom. The second kappa shape index (κ2) is 4.77. The number of carbonyl (C=O) groups is 1. The van der Waals surface area contributed by atoms with Crippen molar-refractivity contribution in [2.24, 2.45) is 0 Å². The minimum atomic E-state index is 0.0773. The minimum Gasteiger partial charge on any atom is -0.365 e. The molecule has 0 saturated carbocycles. The zero-order chi connectivity index (χ0) is 12.4. The molecular weight excluding hydrogens is 216 g/mol. The van der Waals surface area contributed by atoms with Crippen molar-refractivity contribution in [3.8, 4) is 0 Å². The third-order valence-electron chi connectivity index (χ3n) is 3.10. The summed E-state index contributed by atoms with van der Waals surface area (Å²) < 4.78 is 1.92. The van der Waals surface area contributed by atoms with Crippen LogP contribution in [0, 0.1) is 6.92 Å². The predicted molar refractivity (Wildman–Crippen MR) is 68.2 cm³/mol. The topological polar surface area (TPSA) is 59.0 Å². The van der Waals surface area contributed by atoms with Crippen LogP contribution in [0.5, 0.6) is 0 Å². The summed E-state index contributed by atoms with van der Waals surface area (Å²) in [5, 5.41) is 10.8. The van der Waals surface area contributed by atoms with Crippen molar-refractivity contribution in [1.82, 2.24) is 9.78 Å². The lowest BCUT2D eigenvalue weighted by Gasteiger charge is -2.16. The standard InChI is InChI=1S/C12H20N4O/c1-4-6-9-7-10(17)14-11-8(3)15-16(5-2)12(11)13-9/h9,13H,4-7H2,1-3H3,(H,14,17). The van der Waals surface area contributed by atoms with Gasteiger partial charge in [0.1, 0.15) is 11.5 Å². The van der Waals surface area contributed by atoms with E-state index >= 15 is 0 Å². The van der Waals surface area contributed by atoms with E-state index in [9.17, 15) is 4.79 Å². The zero-order valence-corrected chi connectivity index (χ0v) is 10.7. The molecule has 0 aliphatic carbocycles. The average molecular weight is 236 g/mol. The molecule has 0 fully saturated rings. The number of rotatable bonds is 3. The molecule has 94 valence electrons. The van der Waals surface area contributed by atoms with E-state index < -0.39 is 0 Å². The van der Waals surface area contributed by atoms with E-state index in [1.54, 1.807) is 0 Å². The monoisotopic (exact) mass is 236 g/mol. The highest BCUT2D eigenvalue weighted by Crippen LogP contribution is 2.30. The van der Waals surface area contributed by atoms with Crippen molar-refractivity contribution >= 4 is 17.4 Å². The number of nitrogens with one attached hydrogen (secondary N) is 2. The number of nitrogens with zero attached hydrogens (tertiary/aromatic N) is 2. The van der Waals surface area contributed by atoms with Crippen molar-refractivity contribution in [1.29, 1.82) is 0 Å². The highest BCUT2D eigenvalue weighted by Gasteiger charge is 2.25. The first-order chi connectivity index (χ1) is 8.15. The summed E-state index contributed by atoms with van der Waals surface area (Å²) in [6.07, 6.45) is 2.60. The molecule has 0 radical (unpaired) electrons. The molecule has 5 nitrogen and oxygen atoms in total. The maximum atomic E-state index is 11.8. The number of hydrogen-bond acceptors (Lipinski definition) is 3. The molecule has 2 N–H and O–H groups in total. The number of aromatic nitrogens is 2. The molecule has 1 aliphatic rings. The molecule has 17 heavy (non-hydrogen) atoms. The van der Waals surface area contributed by atoms with E-state index in [1.807, 2.05) is 11.6 Å². The molecule has 5 heteroatoms. The number of aryl methyl sites for hydroxylation is 2. The first kappa shape index (κ1) is 12.0. The lowest BCUT2D eigenvalue weighted by atomic mass is 10.1. The van der Waals surface area contributed by atoms with Gasteiger partial charge in [-0.05, 0) is 20.3 Å². The predicted octanol–water partition coefficient (Wildman–Crippen LogP) is 2.13. The summed E-state index contributed by atoms with van der Waals surface area (Å²) >= 11 is 0. The second-order valence-electron chi connectivity index (χ2n) is 4.51. The SMILES string of the molecule is CCCC1CC(=O)Nc2c(C)nn(CC)c2N1. The molecule has 0 saturated heterocycles. The summed E-state index contributed by atoms with van der Waals surface area (Å²) in [6.45, 7) is 6.91. The highest BCUT2D eigenvalue weighted by molar-refractivity contribution is 5.96. The smallest absolute Gasteiger partial charge is 0.226 e. The summed E-state index contributed by atoms with van der Waals surface area (Å²) in [4.78, 5) is 11.8. The Bertz CT molecular complexity index is 424. The van der Waals surface area contributed by atoms with Crippen LogP contribution >= 0.6 is 0 Å². The molecule has 0 bridgehead atoms. The van der Waals surface area contributed by atoms with Crippen molar-refractivity contribution in [3.63, 3.8) is 0 Å². The Morgan fingerprint density at radius 3 is 2.88 bits per heavy atom. The lowest BCUT2D eigenvalue weighted by molar-refractivity contribution is -0.116. The average Bonchev–Trinajstić information content (AvgIpc) is 2.47. The van der Waals surface area contributed by atoms with E-state index in [2.05, 4.69) is 29.6 Å². The molecular formula is C12H20N4O. The van der Waals surface area contributed by atoms with Gasteiger partial charge in [-0.1, -0.05) is 13.3 Å². The van der Waals surface area contributed by atoms with Crippen LogP contribution in [0.2, 0.25) is 0 Å². The van der Waals surface area contributed by atoms with Gasteiger partial charge in [-0.2, -0.15) is 5.10 Å². The van der Waals surface area contributed by atoms with E-state index in [0.717, 1.165) is 36.6 Å². The molecule has 2 heterocycles. The zero-order valence-electron chi connectivity index (χ0n) is 10.7. The fourth-order valence-electron chi connectivity index (χ4n) is 2.29. The summed E-state index contributed by atoms with van der Waals surface area (Å²) in [7, 11) is 0. The van der Waals surface area contributed by atoms with Gasteiger partial charge in [0.25, 0.3) is 0 Å². The number of fused-ring (bicyclic) bond motifs is 1. The number of amides is 1. The fourth-order valence-corrected chi connectivity index (χ4v) is 2.29. The van der Waals surface area contributed by atoms with Gasteiger partial charge in [0.2, 0.25) is 5.91 Å². The van der Waals surface area contributed by atoms with Crippen LogP contribution < -0.4 is 10.6 Å². The molecule has 2 rings (SSSR count). The van der Waals surface area contributed by atoms with Crippen LogP contribution in [-0.4, -0.2) is 21.7 Å². The molecule has 1 aliphatic heterocycles. The van der Waals surface area contributed by atoms with Crippen molar-refractivity contribution in [2.45, 2.75) is 52.6 Å². The van der Waals surface area contributed by atoms with Crippen LogP contribution in [0.4, 0.5) is 11.5 Å². The van der Waals surface area contributed by atoms with E-state index in [1.165, 1.54) is 0 Å². The van der Waals surface area contributed by atoms with E-state index in [4.69, 9.17) is 0 Å². The van der Waals surface area contributed by atoms with Gasteiger partial charge in [0.15, 0.2) is 0 Å². The molecule has 0 aromatic carbocycles. The summed E-state index contributed by atoms with van der Waals surface area (Å²) in [5.41, 5.74) is 1.72. The van der Waals surface area contributed by atoms with Gasteiger partial charge in [-0.25, -0.2) is 4.68 Å². The summed E-state index contributed by atoms with van der Waals surface area (Å²) in [6, 6.07) is 0.211. The fraction of sp³-hybridized carbons (Fsp3) is 0.667. The molecule has 1 unspecified atom stereocenters. The maximum Gasteiger partial charge on any atom is 0.226 e. The van der Waals surface area contributed by atoms with Crippen molar-refractivity contribution < 1.29 is 4.79 Å². The third-order valence-corrected chi connectivity index (χ3v) is 3.10. The molecule has 0 spiro atoms. The van der Waals surface area contributed by atoms with Gasteiger partial charge in [-0.15, -0.1) is 0 Å². The molecule has 1 atom stereocenters. The molecule has 1 amide bonds. The van der Waals surface area contributed by atoms with Crippen LogP contribution in [0.3, 0.4) is 0 Å². The lowest BCUT2D eigenvalue weighted by Crippen LogP contribution is -2.24. The van der Waals surface area contributed by atoms with Crippen molar-refractivity contribution in [2.75, 3.05) is 10.6 Å². The quantitative estimate of drug-likeness (QED) is 0.845. The number of anilines is 2. The Morgan fingerprint density at radius 1 is 1.47 bits per heavy atom. The van der Waals surface area contributed by atoms with Crippen LogP contribution in [0.15, 0.2) is 0 Å². The summed E-state index contributed by atoms with van der Waals surface area (Å²) in [5.74, 6) is 1.03. The van der Waals surface area contributed by atoms with E-state index in [0.29, 0.717) is 6.42 Å². The Labute approximate surface area is 102 Å². The Balaban J connectivity index is 2.35. The maximum absolute atomic E-state index is 11.8. The first-order valence-electron chi connectivity index (χ1n) is 6.29. The van der Waals surface area contributed by atoms with Gasteiger partial charge >= 0.3 is 0 Å². The van der Waals surface area contributed by atoms with Crippen LogP contribution in [0.25, 0.3) is 0 Å². The normalized spacial score (nSPS) is 19.2. The molecule has 1 aromatic heterocycles. The first-order valence-corrected chi connectivity index (χ1v) is 6.29. The largest absolute Gasteiger partial charge is 0.365 e. The minimum absolute atomic E-state index is 0.0773. The number of hydrogen-bond donors (Lipinski definition) is 2. The highest BCUT2D eigenvalue weighted by atomic mass is 16.1. The third kappa shape index (κ3) is 2.28. The van der Waals surface area contributed by atoms with Gasteiger partial charge in [-0.3, -0.25) is 4.79 Å². The van der Waals surface area contributed by atoms with E-state index in [-0.39, 0.29) is 11.9 Å². The Hall–Kier alpha value is -1.52. The van der Waals surface area contributed by atoms with Crippen LogP contribution in [-0.2, 0) is 11.3 Å². The second-order valence-corrected chi connectivity index (χ2v) is 4.51. The van der Waals surface area contributed by atoms with Gasteiger partial charge in [0, 0.05) is 19.0 Å². The Kier molecular flexibility index (Phi) is 3.36. The van der Waals surface area contributed by atoms with Crippen LogP contribution in [0.1, 0.15) is 38.8 Å². The van der Waals surface area contributed by atoms with Crippen molar-refractivity contribution in [3.05, 3.63) is 5.69 Å². The van der Waals surface area contributed by atoms with Gasteiger partial charge < -0.3 is 10.6 Å². The van der Waals surface area contributed by atoms with Gasteiger partial charge in [0.05, 0.1) is 5.69 Å². The number of carbonyl (C=O) groups excluding carboxylic acids is 1. The molecule has 1 aromatic rings.